The molecule has 0 atom stereocenters. The van der Waals surface area contributed by atoms with Crippen molar-refractivity contribution in [2.45, 2.75) is 13.0 Å². The van der Waals surface area contributed by atoms with E-state index in [1.807, 2.05) is 6.07 Å². The van der Waals surface area contributed by atoms with Crippen molar-refractivity contribution < 1.29 is 9.53 Å². The molecule has 1 aliphatic rings. The molecule has 0 aliphatic heterocycles. The first-order valence-corrected chi connectivity index (χ1v) is 6.14. The maximum Gasteiger partial charge on any atom is 0.404 e. The van der Waals surface area contributed by atoms with E-state index in [4.69, 9.17) is 16.3 Å². The highest BCUT2D eigenvalue weighted by Gasteiger charge is 2.17. The first kappa shape index (κ1) is 11.3. The Kier molecular flexibility index (Phi) is 2.80. The maximum atomic E-state index is 10.6. The molecule has 2 nitrogen and oxygen atoms in total. The molecule has 0 spiro atoms. The Labute approximate surface area is 110 Å². The number of fused-ring (bicyclic) bond motifs is 3. The molecule has 0 radical (unpaired) electrons. The van der Waals surface area contributed by atoms with Crippen LogP contribution in [0.2, 0.25) is 0 Å². The van der Waals surface area contributed by atoms with Gasteiger partial charge in [0.1, 0.15) is 6.61 Å². The lowest BCUT2D eigenvalue weighted by Crippen LogP contribution is -1.95. The number of rotatable bonds is 2. The van der Waals surface area contributed by atoms with Crippen LogP contribution in [0.25, 0.3) is 11.1 Å². The Morgan fingerprint density at radius 3 is 2.72 bits per heavy atom. The van der Waals surface area contributed by atoms with Gasteiger partial charge in [-0.2, -0.15) is 0 Å². The third-order valence-corrected chi connectivity index (χ3v) is 3.32. The van der Waals surface area contributed by atoms with Gasteiger partial charge in [0, 0.05) is 11.6 Å². The first-order chi connectivity index (χ1) is 8.74. The van der Waals surface area contributed by atoms with Gasteiger partial charge in [0.25, 0.3) is 0 Å². The van der Waals surface area contributed by atoms with Crippen LogP contribution < -0.4 is 0 Å². The summed E-state index contributed by atoms with van der Waals surface area (Å²) in [5.74, 6) is 0. The fourth-order valence-electron chi connectivity index (χ4n) is 2.43. The van der Waals surface area contributed by atoms with Crippen molar-refractivity contribution in [3.63, 3.8) is 0 Å². The lowest BCUT2D eigenvalue weighted by atomic mass is 10.0. The van der Waals surface area contributed by atoms with Gasteiger partial charge in [-0.05, 0) is 34.2 Å². The van der Waals surface area contributed by atoms with Crippen LogP contribution in [0.4, 0.5) is 4.79 Å². The molecule has 2 aromatic rings. The number of carbonyl (C=O) groups is 1. The zero-order chi connectivity index (χ0) is 12.5. The van der Waals surface area contributed by atoms with Crippen molar-refractivity contribution in [3.05, 3.63) is 59.2 Å². The largest absolute Gasteiger partial charge is 0.449 e. The summed E-state index contributed by atoms with van der Waals surface area (Å²) in [4.78, 5) is 10.6. The number of ether oxygens (including phenoxy) is 1. The molecule has 0 fully saturated rings. The van der Waals surface area contributed by atoms with Gasteiger partial charge in [0.15, 0.2) is 0 Å². The van der Waals surface area contributed by atoms with Crippen LogP contribution >= 0.6 is 11.6 Å². The second-order valence-corrected chi connectivity index (χ2v) is 4.66. The zero-order valence-electron chi connectivity index (χ0n) is 9.65. The molecule has 3 heteroatoms. The number of carbonyl (C=O) groups excluding carboxylic acids is 1. The normalized spacial score (nSPS) is 11.8. The van der Waals surface area contributed by atoms with Gasteiger partial charge in [-0.25, -0.2) is 4.79 Å². The molecule has 90 valence electrons. The summed E-state index contributed by atoms with van der Waals surface area (Å²) in [6.07, 6.45) is 0.939. The SMILES string of the molecule is O=C(Cl)OCc1ccc2c(c1)Cc1ccccc1-2. The maximum absolute atomic E-state index is 10.6. The molecule has 0 saturated heterocycles. The van der Waals surface area contributed by atoms with Crippen LogP contribution in [0.15, 0.2) is 42.5 Å². The zero-order valence-corrected chi connectivity index (χ0v) is 10.4. The Hall–Kier alpha value is -1.80. The quantitative estimate of drug-likeness (QED) is 0.646. The van der Waals surface area contributed by atoms with Crippen molar-refractivity contribution in [2.24, 2.45) is 0 Å². The number of benzene rings is 2. The van der Waals surface area contributed by atoms with Gasteiger partial charge in [-0.3, -0.25) is 0 Å². The molecule has 0 heterocycles. The molecule has 18 heavy (non-hydrogen) atoms. The first-order valence-electron chi connectivity index (χ1n) is 5.76. The number of hydrogen-bond donors (Lipinski definition) is 0. The van der Waals surface area contributed by atoms with Crippen LogP contribution in [0.5, 0.6) is 0 Å². The molecule has 2 aromatic carbocycles. The molecule has 0 amide bonds. The van der Waals surface area contributed by atoms with Crippen LogP contribution in [0.1, 0.15) is 16.7 Å². The van der Waals surface area contributed by atoms with Gasteiger partial charge in [0.05, 0.1) is 0 Å². The molecular formula is C15H11ClO2. The summed E-state index contributed by atoms with van der Waals surface area (Å²) < 4.78 is 4.79. The van der Waals surface area contributed by atoms with E-state index in [-0.39, 0.29) is 6.61 Å². The summed E-state index contributed by atoms with van der Waals surface area (Å²) >= 11 is 5.16. The van der Waals surface area contributed by atoms with Crippen molar-refractivity contribution >= 4 is 17.0 Å². The monoisotopic (exact) mass is 258 g/mol. The molecule has 0 saturated carbocycles. The van der Waals surface area contributed by atoms with E-state index in [2.05, 4.69) is 36.4 Å². The highest BCUT2D eigenvalue weighted by molar-refractivity contribution is 6.61. The predicted molar refractivity (Wildman–Crippen MR) is 70.7 cm³/mol. The van der Waals surface area contributed by atoms with E-state index >= 15 is 0 Å². The van der Waals surface area contributed by atoms with Crippen LogP contribution in [0.3, 0.4) is 0 Å². The summed E-state index contributed by atoms with van der Waals surface area (Å²) in [6.45, 7) is 0.228. The third-order valence-electron chi connectivity index (χ3n) is 3.21. The fraction of sp³-hybridized carbons (Fsp3) is 0.133. The minimum atomic E-state index is -0.765. The highest BCUT2D eigenvalue weighted by atomic mass is 35.5. The molecule has 0 bridgehead atoms. The van der Waals surface area contributed by atoms with Crippen molar-refractivity contribution in [1.29, 1.82) is 0 Å². The van der Waals surface area contributed by atoms with Gasteiger partial charge in [-0.15, -0.1) is 0 Å². The Morgan fingerprint density at radius 1 is 1.11 bits per heavy atom. The molecular weight excluding hydrogens is 248 g/mol. The van der Waals surface area contributed by atoms with Crippen molar-refractivity contribution in [2.75, 3.05) is 0 Å². The summed E-state index contributed by atoms with van der Waals surface area (Å²) in [6, 6.07) is 14.5. The van der Waals surface area contributed by atoms with E-state index in [1.165, 1.54) is 22.3 Å². The van der Waals surface area contributed by atoms with Crippen molar-refractivity contribution in [1.82, 2.24) is 0 Å². The topological polar surface area (TPSA) is 26.3 Å². The van der Waals surface area contributed by atoms with Crippen LogP contribution in [-0.4, -0.2) is 5.43 Å². The minimum Gasteiger partial charge on any atom is -0.449 e. The standard InChI is InChI=1S/C15H11ClO2/c16-15(17)18-9-10-5-6-14-12(7-10)8-11-3-1-2-4-13(11)14/h1-7H,8-9H2. The van der Waals surface area contributed by atoms with Crippen molar-refractivity contribution in [3.8, 4) is 11.1 Å². The van der Waals surface area contributed by atoms with E-state index < -0.39 is 5.43 Å². The minimum absolute atomic E-state index is 0.228. The van der Waals surface area contributed by atoms with E-state index in [0.29, 0.717) is 0 Å². The van der Waals surface area contributed by atoms with Crippen LogP contribution in [-0.2, 0) is 17.8 Å². The van der Waals surface area contributed by atoms with Gasteiger partial charge in [0.2, 0.25) is 0 Å². The van der Waals surface area contributed by atoms with E-state index in [1.54, 1.807) is 0 Å². The molecule has 0 aromatic heterocycles. The smallest absolute Gasteiger partial charge is 0.404 e. The average Bonchev–Trinajstić information content (AvgIpc) is 2.73. The Bertz CT molecular complexity index is 620. The molecule has 0 unspecified atom stereocenters. The third kappa shape index (κ3) is 2.00. The van der Waals surface area contributed by atoms with Gasteiger partial charge >= 0.3 is 5.43 Å². The van der Waals surface area contributed by atoms with E-state index in [0.717, 1.165) is 12.0 Å². The Morgan fingerprint density at radius 2 is 1.89 bits per heavy atom. The summed E-state index contributed by atoms with van der Waals surface area (Å²) in [5.41, 5.74) is 5.40. The second-order valence-electron chi connectivity index (χ2n) is 4.35. The Balaban J connectivity index is 1.91. The van der Waals surface area contributed by atoms with Crippen LogP contribution in [0, 0.1) is 0 Å². The number of halogens is 1. The fourth-order valence-corrected chi connectivity index (χ4v) is 2.48. The van der Waals surface area contributed by atoms with Gasteiger partial charge < -0.3 is 4.74 Å². The highest BCUT2D eigenvalue weighted by Crippen LogP contribution is 2.36. The molecule has 0 N–H and O–H groups in total. The lowest BCUT2D eigenvalue weighted by molar-refractivity contribution is 0.167. The predicted octanol–water partition coefficient (Wildman–Crippen LogP) is 4.13. The summed E-state index contributed by atoms with van der Waals surface area (Å²) in [5, 5.41) is 0. The lowest BCUT2D eigenvalue weighted by Gasteiger charge is -2.05. The summed E-state index contributed by atoms with van der Waals surface area (Å²) in [7, 11) is 0. The molecule has 1 aliphatic carbocycles. The second kappa shape index (κ2) is 4.46. The average molecular weight is 259 g/mol. The van der Waals surface area contributed by atoms with Gasteiger partial charge in [-0.1, -0.05) is 42.5 Å². The number of hydrogen-bond acceptors (Lipinski definition) is 2. The molecule has 3 rings (SSSR count). The van der Waals surface area contributed by atoms with E-state index in [9.17, 15) is 4.79 Å².